The Morgan fingerprint density at radius 2 is 1.79 bits per heavy atom. The smallest absolute Gasteiger partial charge is 0.287 e. The van der Waals surface area contributed by atoms with E-state index in [1.54, 1.807) is 19.1 Å². The van der Waals surface area contributed by atoms with Gasteiger partial charge < -0.3 is 26.6 Å². The third-order valence-corrected chi connectivity index (χ3v) is 9.41. The molecule has 0 aromatic heterocycles. The molecule has 12 nitrogen and oxygen atoms in total. The highest BCUT2D eigenvalue weighted by Crippen LogP contribution is 2.65. The number of nitrogens with one attached hydrogen (secondary N) is 3. The van der Waals surface area contributed by atoms with Gasteiger partial charge in [0.2, 0.25) is 23.5 Å². The largest absolute Gasteiger partial charge is 0.363 e. The standard InChI is InChI=1S/C35H50N6O6/c1-9-15-23(27(42)29(36)43)38-32(46)26-24-21(35(24,7)8)19-41(26)33(47)28(34(4,5)6)40-31(45)25(20-16-13-12-14-17-20)39-30(44)22(11-3)37-18-10-2/h10-14,16,18,20-21,23-26,28H,3,9,15,17,19H2,1-2,4-8H3,(H2,36,43)(H,38,46)(H,39,44)(H,40,45)/b18-10-,37-22+/t20?,21-,23?,24-,25-,26-,28+/m0/s1. The summed E-state index contributed by atoms with van der Waals surface area (Å²) in [5, 5.41) is 8.39. The molecule has 1 aliphatic heterocycles. The number of hydrogen-bond acceptors (Lipinski definition) is 7. The first kappa shape index (κ1) is 37.1. The zero-order valence-corrected chi connectivity index (χ0v) is 28.5. The minimum absolute atomic E-state index is 0.0311. The lowest BCUT2D eigenvalue weighted by Crippen LogP contribution is -2.63. The van der Waals surface area contributed by atoms with Crippen LogP contribution in [0.4, 0.5) is 0 Å². The summed E-state index contributed by atoms with van der Waals surface area (Å²) < 4.78 is 0. The van der Waals surface area contributed by atoms with Gasteiger partial charge in [0.25, 0.3) is 11.8 Å². The van der Waals surface area contributed by atoms with E-state index < -0.39 is 70.8 Å². The maximum absolute atomic E-state index is 14.4. The molecule has 0 bridgehead atoms. The number of hydrogen-bond donors (Lipinski definition) is 4. The molecule has 256 valence electrons. The normalized spacial score (nSPS) is 24.9. The number of likely N-dealkylation sites (tertiary alicyclic amines) is 1. The number of nitrogens with zero attached hydrogens (tertiary/aromatic N) is 2. The maximum atomic E-state index is 14.4. The van der Waals surface area contributed by atoms with Crippen LogP contribution in [0.25, 0.3) is 0 Å². The summed E-state index contributed by atoms with van der Waals surface area (Å²) in [6.45, 7) is 17.0. The molecule has 47 heavy (non-hydrogen) atoms. The van der Waals surface area contributed by atoms with Crippen LogP contribution in [-0.2, 0) is 28.8 Å². The summed E-state index contributed by atoms with van der Waals surface area (Å²) in [4.78, 5) is 85.2. The van der Waals surface area contributed by atoms with Crippen molar-refractivity contribution in [3.8, 4) is 0 Å². The number of piperidine rings is 1. The maximum Gasteiger partial charge on any atom is 0.287 e. The van der Waals surface area contributed by atoms with Crippen LogP contribution < -0.4 is 21.7 Å². The number of Topliss-reactive ketones (excluding diaryl/α,β-unsaturated/α-hetero) is 1. The quantitative estimate of drug-likeness (QED) is 0.165. The van der Waals surface area contributed by atoms with Crippen LogP contribution in [0.5, 0.6) is 0 Å². The van der Waals surface area contributed by atoms with Gasteiger partial charge in [0.05, 0.1) is 6.04 Å². The highest BCUT2D eigenvalue weighted by molar-refractivity contribution is 6.43. The molecule has 3 aliphatic rings. The molecule has 0 aromatic carbocycles. The second-order valence-electron chi connectivity index (χ2n) is 14.1. The van der Waals surface area contributed by atoms with E-state index in [2.05, 4.69) is 27.5 Å². The molecule has 0 radical (unpaired) electrons. The lowest BCUT2D eigenvalue weighted by molar-refractivity contribution is -0.146. The monoisotopic (exact) mass is 650 g/mol. The Labute approximate surface area is 277 Å². The first-order valence-corrected chi connectivity index (χ1v) is 16.2. The Bertz CT molecular complexity index is 1400. The van der Waals surface area contributed by atoms with Gasteiger partial charge in [-0.15, -0.1) is 0 Å². The zero-order valence-electron chi connectivity index (χ0n) is 28.5. The second-order valence-corrected chi connectivity index (χ2v) is 14.1. The van der Waals surface area contributed by atoms with Crippen molar-refractivity contribution in [3.63, 3.8) is 0 Å². The van der Waals surface area contributed by atoms with Crippen LogP contribution in [0, 0.1) is 28.6 Å². The highest BCUT2D eigenvalue weighted by atomic mass is 16.2. The molecule has 5 N–H and O–H groups in total. The van der Waals surface area contributed by atoms with Crippen molar-refractivity contribution in [2.45, 2.75) is 91.9 Å². The van der Waals surface area contributed by atoms with E-state index in [9.17, 15) is 28.8 Å². The molecule has 7 atom stereocenters. The SMILES string of the molecule is C=C/C(=N\C=C/C)C(=O)N[C@H](C(=O)N[C@H](C(=O)N1C[C@H]2[C@@H]([C@H]1C(=O)NC(CCC)C(=O)C(N)=O)C2(C)C)C(C)(C)C)C1C=CC=CC1. The number of allylic oxidation sites excluding steroid dienone is 4. The van der Waals surface area contributed by atoms with Gasteiger partial charge >= 0.3 is 0 Å². The highest BCUT2D eigenvalue weighted by Gasteiger charge is 2.70. The van der Waals surface area contributed by atoms with Crippen LogP contribution in [0.3, 0.4) is 0 Å². The van der Waals surface area contributed by atoms with E-state index in [4.69, 9.17) is 5.73 Å². The summed E-state index contributed by atoms with van der Waals surface area (Å²) in [6, 6.07) is -4.12. The number of primary amides is 1. The van der Waals surface area contributed by atoms with Gasteiger partial charge in [-0.2, -0.15) is 0 Å². The van der Waals surface area contributed by atoms with Crippen LogP contribution in [0.2, 0.25) is 0 Å². The number of rotatable bonds is 14. The predicted octanol–water partition coefficient (Wildman–Crippen LogP) is 2.12. The van der Waals surface area contributed by atoms with Gasteiger partial charge in [-0.05, 0) is 48.5 Å². The molecular weight excluding hydrogens is 600 g/mol. The minimum atomic E-state index is -1.14. The van der Waals surface area contributed by atoms with E-state index in [-0.39, 0.29) is 29.4 Å². The summed E-state index contributed by atoms with van der Waals surface area (Å²) >= 11 is 0. The Balaban J connectivity index is 1.92. The van der Waals surface area contributed by atoms with Gasteiger partial charge in [0.15, 0.2) is 0 Å². The Hall–Kier alpha value is -4.35. The molecule has 1 heterocycles. The van der Waals surface area contributed by atoms with Crippen molar-refractivity contribution in [1.29, 1.82) is 0 Å². The Kier molecular flexibility index (Phi) is 11.9. The molecule has 3 rings (SSSR count). The van der Waals surface area contributed by atoms with Gasteiger partial charge in [-0.1, -0.05) is 84.9 Å². The van der Waals surface area contributed by atoms with Gasteiger partial charge in [-0.25, -0.2) is 0 Å². The topological polar surface area (TPSA) is 180 Å². The lowest BCUT2D eigenvalue weighted by Gasteiger charge is -2.38. The first-order chi connectivity index (χ1) is 22.0. The van der Waals surface area contributed by atoms with Crippen molar-refractivity contribution >= 4 is 41.0 Å². The minimum Gasteiger partial charge on any atom is -0.363 e. The number of aliphatic imine (C=N–C) groups is 1. The number of carbonyl (C=O) groups excluding carboxylic acids is 6. The third kappa shape index (κ3) is 8.33. The van der Waals surface area contributed by atoms with Gasteiger partial charge in [0.1, 0.15) is 23.8 Å². The zero-order chi connectivity index (χ0) is 35.3. The molecule has 1 saturated heterocycles. The molecule has 2 aliphatic carbocycles. The third-order valence-electron chi connectivity index (χ3n) is 9.41. The fourth-order valence-electron chi connectivity index (χ4n) is 6.63. The van der Waals surface area contributed by atoms with E-state index >= 15 is 0 Å². The number of carbonyl (C=O) groups is 6. The van der Waals surface area contributed by atoms with Crippen molar-refractivity contribution in [2.24, 2.45) is 39.3 Å². The number of ketones is 1. The van der Waals surface area contributed by atoms with Crippen LogP contribution in [0.15, 0.2) is 54.2 Å². The fraction of sp³-hybridized carbons (Fsp3) is 0.571. The summed E-state index contributed by atoms with van der Waals surface area (Å²) in [5.41, 5.74) is 4.26. The van der Waals surface area contributed by atoms with Crippen LogP contribution in [0.1, 0.15) is 67.7 Å². The summed E-state index contributed by atoms with van der Waals surface area (Å²) in [5.74, 6) is -4.71. The molecule has 5 amide bonds. The fourth-order valence-corrected chi connectivity index (χ4v) is 6.63. The van der Waals surface area contributed by atoms with Crippen LogP contribution in [-0.4, -0.2) is 76.6 Å². The number of amides is 5. The van der Waals surface area contributed by atoms with E-state index in [0.717, 1.165) is 0 Å². The van der Waals surface area contributed by atoms with Crippen molar-refractivity contribution in [2.75, 3.05) is 6.54 Å². The van der Waals surface area contributed by atoms with Crippen molar-refractivity contribution in [1.82, 2.24) is 20.9 Å². The lowest BCUT2D eigenvalue weighted by atomic mass is 9.84. The van der Waals surface area contributed by atoms with Crippen molar-refractivity contribution < 1.29 is 28.8 Å². The molecule has 0 spiro atoms. The molecule has 12 heteroatoms. The summed E-state index contributed by atoms with van der Waals surface area (Å²) in [7, 11) is 0. The van der Waals surface area contributed by atoms with Crippen molar-refractivity contribution in [3.05, 3.63) is 49.2 Å². The molecule has 2 unspecified atom stereocenters. The predicted molar refractivity (Wildman–Crippen MR) is 179 cm³/mol. The van der Waals surface area contributed by atoms with Crippen LogP contribution >= 0.6 is 0 Å². The molecular formula is C35H50N6O6. The number of nitrogens with two attached hydrogens (primary N) is 1. The Morgan fingerprint density at radius 1 is 1.11 bits per heavy atom. The van der Waals surface area contributed by atoms with Gasteiger partial charge in [-0.3, -0.25) is 33.8 Å². The Morgan fingerprint density at radius 3 is 2.32 bits per heavy atom. The van der Waals surface area contributed by atoms with E-state index in [1.807, 2.05) is 59.8 Å². The molecule has 1 saturated carbocycles. The van der Waals surface area contributed by atoms with E-state index in [1.165, 1.54) is 17.2 Å². The van der Waals surface area contributed by atoms with E-state index in [0.29, 0.717) is 19.4 Å². The molecule has 2 fully saturated rings. The average molecular weight is 651 g/mol. The molecule has 0 aromatic rings. The average Bonchev–Trinajstić information content (AvgIpc) is 3.33. The summed E-state index contributed by atoms with van der Waals surface area (Å²) in [6.07, 6.45) is 13.0. The van der Waals surface area contributed by atoms with Gasteiger partial charge in [0, 0.05) is 18.7 Å². The second kappa shape index (κ2) is 15.0. The number of fused-ring (bicyclic) bond motifs is 1. The first-order valence-electron chi connectivity index (χ1n) is 16.2.